The fourth-order valence-corrected chi connectivity index (χ4v) is 3.37. The van der Waals surface area contributed by atoms with Crippen LogP contribution in [0.25, 0.3) is 0 Å². The number of allylic oxidation sites excluding steroid dienone is 2. The Labute approximate surface area is 126 Å². The minimum atomic E-state index is -0.856. The van der Waals surface area contributed by atoms with Crippen molar-refractivity contribution in [2.24, 2.45) is 17.8 Å². The van der Waals surface area contributed by atoms with Gasteiger partial charge in [-0.25, -0.2) is 0 Å². The molecule has 1 heterocycles. The summed E-state index contributed by atoms with van der Waals surface area (Å²) in [6.07, 6.45) is 7.05. The van der Waals surface area contributed by atoms with Gasteiger partial charge in [0.2, 0.25) is 5.91 Å². The maximum atomic E-state index is 12.6. The van der Waals surface area contributed by atoms with E-state index in [9.17, 15) is 14.7 Å². The van der Waals surface area contributed by atoms with Crippen LogP contribution in [-0.2, 0) is 9.59 Å². The van der Waals surface area contributed by atoms with Crippen LogP contribution in [0.5, 0.6) is 0 Å². The summed E-state index contributed by atoms with van der Waals surface area (Å²) in [4.78, 5) is 27.9. The van der Waals surface area contributed by atoms with Gasteiger partial charge < -0.3 is 14.9 Å². The first kappa shape index (κ1) is 16.0. The Hall–Kier alpha value is -1.36. The number of amides is 1. The van der Waals surface area contributed by atoms with Crippen molar-refractivity contribution >= 4 is 11.9 Å². The van der Waals surface area contributed by atoms with Gasteiger partial charge in [-0.1, -0.05) is 12.2 Å². The Morgan fingerprint density at radius 1 is 1.19 bits per heavy atom. The number of carbonyl (C=O) groups is 2. The van der Waals surface area contributed by atoms with Crippen LogP contribution in [0.4, 0.5) is 0 Å². The Morgan fingerprint density at radius 3 is 2.33 bits per heavy atom. The second-order valence-electron chi connectivity index (χ2n) is 6.46. The van der Waals surface area contributed by atoms with Crippen molar-refractivity contribution in [3.63, 3.8) is 0 Å². The highest BCUT2D eigenvalue weighted by Gasteiger charge is 2.36. The standard InChI is InChI=1S/C16H26N2O3/c1-17-9-7-12(8-10-17)11-18(2)15(19)13-5-3-4-6-14(13)16(20)21/h3-4,12-14H,5-11H2,1-2H3,(H,20,21). The van der Waals surface area contributed by atoms with E-state index in [2.05, 4.69) is 11.9 Å². The maximum Gasteiger partial charge on any atom is 0.307 e. The van der Waals surface area contributed by atoms with Crippen LogP contribution in [0.15, 0.2) is 12.2 Å². The molecule has 1 aliphatic carbocycles. The monoisotopic (exact) mass is 294 g/mol. The molecule has 5 nitrogen and oxygen atoms in total. The highest BCUT2D eigenvalue weighted by atomic mass is 16.4. The molecule has 2 aliphatic rings. The van der Waals surface area contributed by atoms with Gasteiger partial charge in [-0.15, -0.1) is 0 Å². The van der Waals surface area contributed by atoms with E-state index in [4.69, 9.17) is 0 Å². The Morgan fingerprint density at radius 2 is 1.76 bits per heavy atom. The molecule has 21 heavy (non-hydrogen) atoms. The fourth-order valence-electron chi connectivity index (χ4n) is 3.37. The minimum absolute atomic E-state index is 0.00863. The van der Waals surface area contributed by atoms with E-state index >= 15 is 0 Å². The van der Waals surface area contributed by atoms with E-state index in [0.29, 0.717) is 18.8 Å². The molecule has 1 saturated heterocycles. The minimum Gasteiger partial charge on any atom is -0.481 e. The van der Waals surface area contributed by atoms with Gasteiger partial charge in [0.05, 0.1) is 11.8 Å². The van der Waals surface area contributed by atoms with Gasteiger partial charge in [0, 0.05) is 13.6 Å². The second kappa shape index (κ2) is 7.07. The summed E-state index contributed by atoms with van der Waals surface area (Å²) in [5.41, 5.74) is 0. The van der Waals surface area contributed by atoms with Crippen LogP contribution < -0.4 is 0 Å². The smallest absolute Gasteiger partial charge is 0.307 e. The van der Waals surface area contributed by atoms with E-state index in [1.807, 2.05) is 19.2 Å². The summed E-state index contributed by atoms with van der Waals surface area (Å²) in [6, 6.07) is 0. The topological polar surface area (TPSA) is 60.9 Å². The Bertz CT molecular complexity index is 414. The number of carboxylic acids is 1. The third-order valence-electron chi connectivity index (χ3n) is 4.81. The van der Waals surface area contributed by atoms with Crippen molar-refractivity contribution in [3.8, 4) is 0 Å². The lowest BCUT2D eigenvalue weighted by Crippen LogP contribution is -2.43. The molecule has 2 atom stereocenters. The van der Waals surface area contributed by atoms with E-state index < -0.39 is 17.8 Å². The lowest BCUT2D eigenvalue weighted by Gasteiger charge is -2.34. The van der Waals surface area contributed by atoms with Gasteiger partial charge in [-0.3, -0.25) is 9.59 Å². The molecule has 0 aromatic rings. The zero-order chi connectivity index (χ0) is 15.4. The molecule has 118 valence electrons. The number of hydrogen-bond donors (Lipinski definition) is 1. The Kier molecular flexibility index (Phi) is 5.39. The number of aliphatic carboxylic acids is 1. The van der Waals surface area contributed by atoms with Gasteiger partial charge in [-0.2, -0.15) is 0 Å². The van der Waals surface area contributed by atoms with Gasteiger partial charge in [-0.05, 0) is 51.7 Å². The van der Waals surface area contributed by atoms with Gasteiger partial charge >= 0.3 is 5.97 Å². The number of carboxylic acid groups (broad SMARTS) is 1. The number of carbonyl (C=O) groups excluding carboxylic acids is 1. The van der Waals surface area contributed by atoms with E-state index in [1.54, 1.807) is 4.90 Å². The van der Waals surface area contributed by atoms with Crippen molar-refractivity contribution in [1.29, 1.82) is 0 Å². The molecule has 2 unspecified atom stereocenters. The largest absolute Gasteiger partial charge is 0.481 e. The molecule has 0 aromatic carbocycles. The van der Waals surface area contributed by atoms with Crippen LogP contribution in [0, 0.1) is 17.8 Å². The number of hydrogen-bond acceptors (Lipinski definition) is 3. The molecule has 0 spiro atoms. The van der Waals surface area contributed by atoms with E-state index in [-0.39, 0.29) is 5.91 Å². The molecule has 2 rings (SSSR count). The molecule has 0 saturated carbocycles. The average Bonchev–Trinajstić information content (AvgIpc) is 2.48. The van der Waals surface area contributed by atoms with Gasteiger partial charge in [0.15, 0.2) is 0 Å². The first-order valence-corrected chi connectivity index (χ1v) is 7.80. The van der Waals surface area contributed by atoms with Gasteiger partial charge in [0.25, 0.3) is 0 Å². The summed E-state index contributed by atoms with van der Waals surface area (Å²) < 4.78 is 0. The van der Waals surface area contributed by atoms with Crippen LogP contribution in [0.3, 0.4) is 0 Å². The number of piperidine rings is 1. The summed E-state index contributed by atoms with van der Waals surface area (Å²) in [5, 5.41) is 9.28. The summed E-state index contributed by atoms with van der Waals surface area (Å²) in [7, 11) is 3.94. The van der Waals surface area contributed by atoms with Crippen LogP contribution in [0.2, 0.25) is 0 Å². The molecule has 1 N–H and O–H groups in total. The van der Waals surface area contributed by atoms with Crippen LogP contribution in [-0.4, -0.2) is 60.5 Å². The molecule has 0 radical (unpaired) electrons. The second-order valence-corrected chi connectivity index (χ2v) is 6.46. The highest BCUT2D eigenvalue weighted by molar-refractivity contribution is 5.85. The first-order valence-electron chi connectivity index (χ1n) is 7.80. The summed E-state index contributed by atoms with van der Waals surface area (Å²) in [5.74, 6) is -1.29. The molecule has 1 aliphatic heterocycles. The SMILES string of the molecule is CN1CCC(CN(C)C(=O)C2CC=CCC2C(=O)O)CC1. The van der Waals surface area contributed by atoms with Crippen LogP contribution in [0.1, 0.15) is 25.7 Å². The fraction of sp³-hybridized carbons (Fsp3) is 0.750. The molecule has 1 amide bonds. The average molecular weight is 294 g/mol. The summed E-state index contributed by atoms with van der Waals surface area (Å²) in [6.45, 7) is 2.91. The zero-order valence-electron chi connectivity index (χ0n) is 13.0. The highest BCUT2D eigenvalue weighted by Crippen LogP contribution is 2.28. The van der Waals surface area contributed by atoms with Crippen molar-refractivity contribution in [2.75, 3.05) is 33.7 Å². The third-order valence-corrected chi connectivity index (χ3v) is 4.81. The van der Waals surface area contributed by atoms with Gasteiger partial charge in [0.1, 0.15) is 0 Å². The predicted octanol–water partition coefficient (Wildman–Crippen LogP) is 1.45. The quantitative estimate of drug-likeness (QED) is 0.797. The molecular weight excluding hydrogens is 268 g/mol. The lowest BCUT2D eigenvalue weighted by molar-refractivity contribution is -0.150. The zero-order valence-corrected chi connectivity index (χ0v) is 13.0. The molecule has 1 fully saturated rings. The Balaban J connectivity index is 1.92. The van der Waals surface area contributed by atoms with E-state index in [0.717, 1.165) is 32.5 Å². The number of rotatable bonds is 4. The molecule has 5 heteroatoms. The molecule has 0 bridgehead atoms. The summed E-state index contributed by atoms with van der Waals surface area (Å²) >= 11 is 0. The van der Waals surface area contributed by atoms with Crippen molar-refractivity contribution in [1.82, 2.24) is 9.80 Å². The molecular formula is C16H26N2O3. The lowest BCUT2D eigenvalue weighted by atomic mass is 9.82. The molecule has 0 aromatic heterocycles. The number of likely N-dealkylation sites (tertiary alicyclic amines) is 1. The normalized spacial score (nSPS) is 27.5. The van der Waals surface area contributed by atoms with E-state index in [1.165, 1.54) is 0 Å². The third kappa shape index (κ3) is 4.06. The number of nitrogens with zero attached hydrogens (tertiary/aromatic N) is 2. The van der Waals surface area contributed by atoms with Crippen molar-refractivity contribution < 1.29 is 14.7 Å². The van der Waals surface area contributed by atoms with Crippen molar-refractivity contribution in [2.45, 2.75) is 25.7 Å². The first-order chi connectivity index (χ1) is 9.99. The predicted molar refractivity (Wildman–Crippen MR) is 80.8 cm³/mol. The van der Waals surface area contributed by atoms with Crippen molar-refractivity contribution in [3.05, 3.63) is 12.2 Å². The maximum absolute atomic E-state index is 12.6. The van der Waals surface area contributed by atoms with Crippen LogP contribution >= 0.6 is 0 Å².